The van der Waals surface area contributed by atoms with Crippen molar-refractivity contribution in [1.29, 1.82) is 0 Å². The van der Waals surface area contributed by atoms with E-state index < -0.39 is 0 Å². The highest BCUT2D eigenvalue weighted by Crippen LogP contribution is 2.22. The first-order chi connectivity index (χ1) is 13.4. The van der Waals surface area contributed by atoms with Gasteiger partial charge in [-0.3, -0.25) is 9.80 Å². The van der Waals surface area contributed by atoms with Crippen LogP contribution in [0.2, 0.25) is 0 Å². The van der Waals surface area contributed by atoms with Crippen LogP contribution in [0.25, 0.3) is 0 Å². The highest BCUT2D eigenvalue weighted by atomic mass is 16.5. The second kappa shape index (κ2) is 12.5. The molecule has 0 aromatic rings. The normalized spacial score (nSPS) is 25.8. The molecule has 0 radical (unpaired) electrons. The monoisotopic (exact) mass is 399 g/mol. The van der Waals surface area contributed by atoms with Crippen molar-refractivity contribution in [3.05, 3.63) is 0 Å². The van der Waals surface area contributed by atoms with E-state index in [0.29, 0.717) is 12.2 Å². The van der Waals surface area contributed by atoms with Crippen molar-refractivity contribution in [1.82, 2.24) is 14.7 Å². The number of ether oxygens (including phenoxy) is 3. The zero-order valence-corrected chi connectivity index (χ0v) is 19.1. The molecular weight excluding hydrogens is 354 g/mol. The summed E-state index contributed by atoms with van der Waals surface area (Å²) in [6.07, 6.45) is 2.89. The topological polar surface area (TPSA) is 37.4 Å². The third-order valence-corrected chi connectivity index (χ3v) is 5.77. The van der Waals surface area contributed by atoms with Gasteiger partial charge >= 0.3 is 0 Å². The molecule has 2 rings (SSSR count). The average molecular weight is 400 g/mol. The van der Waals surface area contributed by atoms with Gasteiger partial charge in [-0.25, -0.2) is 0 Å². The van der Waals surface area contributed by atoms with E-state index >= 15 is 0 Å². The largest absolute Gasteiger partial charge is 0.379 e. The van der Waals surface area contributed by atoms with Gasteiger partial charge in [-0.2, -0.15) is 0 Å². The van der Waals surface area contributed by atoms with E-state index in [-0.39, 0.29) is 5.60 Å². The lowest BCUT2D eigenvalue weighted by atomic mass is 9.99. The van der Waals surface area contributed by atoms with E-state index in [0.717, 1.165) is 91.6 Å². The smallest absolute Gasteiger partial charge is 0.0793 e. The summed E-state index contributed by atoms with van der Waals surface area (Å²) in [6, 6.07) is 0. The lowest BCUT2D eigenvalue weighted by Gasteiger charge is -2.42. The van der Waals surface area contributed by atoms with Crippen LogP contribution in [-0.2, 0) is 14.2 Å². The van der Waals surface area contributed by atoms with Crippen molar-refractivity contribution in [3.8, 4) is 0 Å². The summed E-state index contributed by atoms with van der Waals surface area (Å²) in [4.78, 5) is 7.68. The van der Waals surface area contributed by atoms with E-state index in [9.17, 15) is 0 Å². The summed E-state index contributed by atoms with van der Waals surface area (Å²) in [5.74, 6) is 0. The van der Waals surface area contributed by atoms with Crippen molar-refractivity contribution >= 4 is 0 Å². The maximum Gasteiger partial charge on any atom is 0.0793 e. The van der Waals surface area contributed by atoms with Crippen LogP contribution in [0.15, 0.2) is 0 Å². The molecule has 0 aromatic carbocycles. The van der Waals surface area contributed by atoms with Crippen LogP contribution in [0.1, 0.15) is 47.5 Å². The average Bonchev–Trinajstić information content (AvgIpc) is 2.64. The minimum Gasteiger partial charge on any atom is -0.379 e. The summed E-state index contributed by atoms with van der Waals surface area (Å²) < 4.78 is 17.6. The predicted octanol–water partition coefficient (Wildman–Crippen LogP) is 2.33. The van der Waals surface area contributed by atoms with E-state index in [1.807, 2.05) is 0 Å². The first kappa shape index (κ1) is 24.0. The second-order valence-corrected chi connectivity index (χ2v) is 9.20. The minimum atomic E-state index is -0.0145. The molecule has 0 aliphatic carbocycles. The number of hydrogen-bond donors (Lipinski definition) is 0. The molecule has 1 unspecified atom stereocenters. The molecule has 2 heterocycles. The SMILES string of the molecule is CC(C)OCCCN1CCOC(C)(CCN2CCN(CCOC(C)C)CC2)C1. The van der Waals surface area contributed by atoms with E-state index in [4.69, 9.17) is 14.2 Å². The van der Waals surface area contributed by atoms with Gasteiger partial charge in [-0.05, 0) is 47.5 Å². The van der Waals surface area contributed by atoms with E-state index in [2.05, 4.69) is 49.3 Å². The Morgan fingerprint density at radius 2 is 1.39 bits per heavy atom. The van der Waals surface area contributed by atoms with Crippen molar-refractivity contribution in [3.63, 3.8) is 0 Å². The Labute approximate surface area is 173 Å². The highest BCUT2D eigenvalue weighted by molar-refractivity contribution is 4.85. The quantitative estimate of drug-likeness (QED) is 0.469. The Morgan fingerprint density at radius 3 is 2.04 bits per heavy atom. The van der Waals surface area contributed by atoms with Gasteiger partial charge in [-0.15, -0.1) is 0 Å². The molecule has 2 aliphatic rings. The molecule has 0 saturated carbocycles. The number of morpholine rings is 1. The number of rotatable bonds is 12. The third kappa shape index (κ3) is 9.51. The molecule has 1 atom stereocenters. The van der Waals surface area contributed by atoms with Gasteiger partial charge < -0.3 is 19.1 Å². The van der Waals surface area contributed by atoms with Crippen LogP contribution in [-0.4, -0.2) is 111 Å². The predicted molar refractivity (Wildman–Crippen MR) is 115 cm³/mol. The van der Waals surface area contributed by atoms with Gasteiger partial charge in [0.25, 0.3) is 0 Å². The summed E-state index contributed by atoms with van der Waals surface area (Å²) in [5, 5.41) is 0. The van der Waals surface area contributed by atoms with Crippen LogP contribution in [0.5, 0.6) is 0 Å². The Bertz CT molecular complexity index is 414. The van der Waals surface area contributed by atoms with Crippen molar-refractivity contribution in [2.24, 2.45) is 0 Å². The third-order valence-electron chi connectivity index (χ3n) is 5.77. The molecule has 2 saturated heterocycles. The summed E-state index contributed by atoms with van der Waals surface area (Å²) in [5.41, 5.74) is -0.0145. The molecule has 0 amide bonds. The van der Waals surface area contributed by atoms with E-state index in [1.165, 1.54) is 0 Å². The molecular formula is C22H45N3O3. The molecule has 0 bridgehead atoms. The zero-order valence-electron chi connectivity index (χ0n) is 19.1. The lowest BCUT2D eigenvalue weighted by Crippen LogP contribution is -2.53. The number of piperazine rings is 1. The van der Waals surface area contributed by atoms with Crippen molar-refractivity contribution in [2.45, 2.75) is 65.3 Å². The van der Waals surface area contributed by atoms with Gasteiger partial charge in [-0.1, -0.05) is 0 Å². The molecule has 166 valence electrons. The van der Waals surface area contributed by atoms with Crippen LogP contribution in [0.3, 0.4) is 0 Å². The summed E-state index contributed by atoms with van der Waals surface area (Å²) in [7, 11) is 0. The molecule has 28 heavy (non-hydrogen) atoms. The molecule has 6 nitrogen and oxygen atoms in total. The molecule has 0 N–H and O–H groups in total. The fourth-order valence-electron chi connectivity index (χ4n) is 4.02. The maximum atomic E-state index is 6.20. The Hall–Kier alpha value is -0.240. The first-order valence-electron chi connectivity index (χ1n) is 11.4. The van der Waals surface area contributed by atoms with Gasteiger partial charge in [0.05, 0.1) is 31.0 Å². The van der Waals surface area contributed by atoms with Crippen LogP contribution in [0.4, 0.5) is 0 Å². The van der Waals surface area contributed by atoms with Crippen molar-refractivity contribution < 1.29 is 14.2 Å². The van der Waals surface area contributed by atoms with Gasteiger partial charge in [0, 0.05) is 65.5 Å². The Kier molecular flexibility index (Phi) is 10.7. The van der Waals surface area contributed by atoms with E-state index in [1.54, 1.807) is 0 Å². The highest BCUT2D eigenvalue weighted by Gasteiger charge is 2.32. The second-order valence-electron chi connectivity index (χ2n) is 9.20. The first-order valence-corrected chi connectivity index (χ1v) is 11.4. The van der Waals surface area contributed by atoms with Crippen LogP contribution >= 0.6 is 0 Å². The Morgan fingerprint density at radius 1 is 0.786 bits per heavy atom. The maximum absolute atomic E-state index is 6.20. The van der Waals surface area contributed by atoms with Crippen LogP contribution < -0.4 is 0 Å². The molecule has 2 aliphatic heterocycles. The minimum absolute atomic E-state index is 0.0145. The summed E-state index contributed by atoms with van der Waals surface area (Å²) in [6.45, 7) is 23.3. The standard InChI is InChI=1S/C22H45N3O3/c1-20(2)26-16-6-8-25-15-18-28-22(5,19-25)7-9-23-10-12-24(13-11-23)14-17-27-21(3)4/h20-21H,6-19H2,1-5H3. The molecule has 0 aromatic heterocycles. The fraction of sp³-hybridized carbons (Fsp3) is 1.00. The molecule has 0 spiro atoms. The molecule has 2 fully saturated rings. The Balaban J connectivity index is 1.61. The van der Waals surface area contributed by atoms with Crippen molar-refractivity contribution in [2.75, 3.05) is 78.7 Å². The lowest BCUT2D eigenvalue weighted by molar-refractivity contribution is -0.107. The van der Waals surface area contributed by atoms with Crippen LogP contribution in [0, 0.1) is 0 Å². The number of nitrogens with zero attached hydrogens (tertiary/aromatic N) is 3. The zero-order chi connectivity index (χ0) is 20.4. The summed E-state index contributed by atoms with van der Waals surface area (Å²) >= 11 is 0. The fourth-order valence-corrected chi connectivity index (χ4v) is 4.02. The van der Waals surface area contributed by atoms with Gasteiger partial charge in [0.2, 0.25) is 0 Å². The molecule has 6 heteroatoms. The van der Waals surface area contributed by atoms with Gasteiger partial charge in [0.1, 0.15) is 0 Å². The number of hydrogen-bond acceptors (Lipinski definition) is 6. The van der Waals surface area contributed by atoms with Gasteiger partial charge in [0.15, 0.2) is 0 Å².